The highest BCUT2D eigenvalue weighted by Gasteiger charge is 2.35. The van der Waals surface area contributed by atoms with E-state index in [-0.39, 0.29) is 13.2 Å². The second-order valence-electron chi connectivity index (χ2n) is 2.40. The molecule has 82 valence electrons. The van der Waals surface area contributed by atoms with Crippen molar-refractivity contribution in [2.75, 3.05) is 13.2 Å². The molecular weight excluding hydrogens is 192 g/mol. The van der Waals surface area contributed by atoms with Crippen LogP contribution in [0, 0.1) is 5.92 Å². The fourth-order valence-electron chi connectivity index (χ4n) is 0.804. The van der Waals surface area contributed by atoms with Gasteiger partial charge in [0.15, 0.2) is 6.29 Å². The maximum absolute atomic E-state index is 11.1. The average Bonchev–Trinajstić information content (AvgIpc) is 2.04. The molecule has 0 aromatic rings. The van der Waals surface area contributed by atoms with Crippen molar-refractivity contribution >= 4 is 11.9 Å². The van der Waals surface area contributed by atoms with Crippen molar-refractivity contribution in [3.63, 3.8) is 0 Å². The summed E-state index contributed by atoms with van der Waals surface area (Å²) in [5, 5.41) is 17.5. The van der Waals surface area contributed by atoms with Crippen LogP contribution in [0.15, 0.2) is 0 Å². The zero-order chi connectivity index (χ0) is 11.1. The molecule has 0 saturated heterocycles. The van der Waals surface area contributed by atoms with Crippen LogP contribution in [0.1, 0.15) is 13.8 Å². The first-order valence-electron chi connectivity index (χ1n) is 4.24. The number of esters is 2. The van der Waals surface area contributed by atoms with E-state index < -0.39 is 24.1 Å². The van der Waals surface area contributed by atoms with Gasteiger partial charge in [-0.25, -0.2) is 0 Å². The molecule has 0 bridgehead atoms. The van der Waals surface area contributed by atoms with E-state index >= 15 is 0 Å². The molecule has 0 unspecified atom stereocenters. The molecular formula is C8H14O6. The van der Waals surface area contributed by atoms with Gasteiger partial charge in [0.05, 0.1) is 13.2 Å². The van der Waals surface area contributed by atoms with E-state index in [0.29, 0.717) is 0 Å². The molecule has 0 spiro atoms. The summed E-state index contributed by atoms with van der Waals surface area (Å²) in [5.41, 5.74) is 0. The average molecular weight is 206 g/mol. The maximum Gasteiger partial charge on any atom is 0.325 e. The third-order valence-electron chi connectivity index (χ3n) is 1.38. The van der Waals surface area contributed by atoms with Gasteiger partial charge in [-0.1, -0.05) is 0 Å². The minimum Gasteiger partial charge on any atom is -0.465 e. The predicted molar refractivity (Wildman–Crippen MR) is 45.0 cm³/mol. The van der Waals surface area contributed by atoms with Crippen molar-refractivity contribution in [1.29, 1.82) is 0 Å². The topological polar surface area (TPSA) is 93.1 Å². The lowest BCUT2D eigenvalue weighted by atomic mass is 10.1. The summed E-state index contributed by atoms with van der Waals surface area (Å²) >= 11 is 0. The lowest BCUT2D eigenvalue weighted by molar-refractivity contribution is -0.180. The molecule has 0 atom stereocenters. The fourth-order valence-corrected chi connectivity index (χ4v) is 0.804. The highest BCUT2D eigenvalue weighted by atomic mass is 16.6. The minimum absolute atomic E-state index is 0.0570. The van der Waals surface area contributed by atoms with E-state index in [1.54, 1.807) is 13.8 Å². The lowest BCUT2D eigenvalue weighted by Crippen LogP contribution is -2.37. The highest BCUT2D eigenvalue weighted by Crippen LogP contribution is 2.07. The summed E-state index contributed by atoms with van der Waals surface area (Å²) in [6.45, 7) is 3.21. The van der Waals surface area contributed by atoms with Crippen LogP contribution in [0.5, 0.6) is 0 Å². The summed E-state index contributed by atoms with van der Waals surface area (Å²) in [6, 6.07) is 0. The van der Waals surface area contributed by atoms with Crippen LogP contribution < -0.4 is 0 Å². The SMILES string of the molecule is CCOC(=O)C(C(=O)OCC)C(O)O. The van der Waals surface area contributed by atoms with Crippen molar-refractivity contribution < 1.29 is 29.3 Å². The smallest absolute Gasteiger partial charge is 0.325 e. The van der Waals surface area contributed by atoms with Gasteiger partial charge in [0.25, 0.3) is 0 Å². The van der Waals surface area contributed by atoms with Crippen molar-refractivity contribution in [1.82, 2.24) is 0 Å². The van der Waals surface area contributed by atoms with E-state index in [4.69, 9.17) is 10.2 Å². The molecule has 0 fully saturated rings. The van der Waals surface area contributed by atoms with Gasteiger partial charge in [0.2, 0.25) is 5.92 Å². The molecule has 0 heterocycles. The lowest BCUT2D eigenvalue weighted by Gasteiger charge is -2.15. The molecule has 2 N–H and O–H groups in total. The van der Waals surface area contributed by atoms with Crippen molar-refractivity contribution in [3.8, 4) is 0 Å². The Morgan fingerprint density at radius 1 is 1.07 bits per heavy atom. The van der Waals surface area contributed by atoms with Gasteiger partial charge in [-0.15, -0.1) is 0 Å². The Bertz CT molecular complexity index is 182. The third kappa shape index (κ3) is 3.71. The molecule has 0 aliphatic heterocycles. The largest absolute Gasteiger partial charge is 0.465 e. The molecule has 0 saturated carbocycles. The van der Waals surface area contributed by atoms with Gasteiger partial charge in [-0.3, -0.25) is 9.59 Å². The predicted octanol–water partition coefficient (Wildman–Crippen LogP) is -0.961. The molecule has 0 aliphatic carbocycles. The van der Waals surface area contributed by atoms with Gasteiger partial charge < -0.3 is 19.7 Å². The molecule has 6 heteroatoms. The van der Waals surface area contributed by atoms with E-state index in [0.717, 1.165) is 0 Å². The number of carbonyl (C=O) groups is 2. The Morgan fingerprint density at radius 2 is 1.43 bits per heavy atom. The van der Waals surface area contributed by atoms with Crippen LogP contribution in [-0.2, 0) is 19.1 Å². The number of aliphatic hydroxyl groups excluding tert-OH is 1. The van der Waals surface area contributed by atoms with Crippen molar-refractivity contribution in [3.05, 3.63) is 0 Å². The molecule has 0 aromatic heterocycles. The Balaban J connectivity index is 4.42. The van der Waals surface area contributed by atoms with Crippen LogP contribution in [0.25, 0.3) is 0 Å². The van der Waals surface area contributed by atoms with Crippen LogP contribution in [0.2, 0.25) is 0 Å². The normalized spacial score (nSPS) is 10.4. The summed E-state index contributed by atoms with van der Waals surface area (Å²) in [7, 11) is 0. The highest BCUT2D eigenvalue weighted by molar-refractivity contribution is 5.95. The second kappa shape index (κ2) is 6.33. The summed E-state index contributed by atoms with van der Waals surface area (Å²) < 4.78 is 8.95. The summed E-state index contributed by atoms with van der Waals surface area (Å²) in [4.78, 5) is 22.1. The van der Waals surface area contributed by atoms with E-state index in [2.05, 4.69) is 9.47 Å². The van der Waals surface area contributed by atoms with Gasteiger partial charge in [-0.2, -0.15) is 0 Å². The van der Waals surface area contributed by atoms with E-state index in [1.165, 1.54) is 0 Å². The molecule has 0 rings (SSSR count). The Kier molecular flexibility index (Phi) is 5.82. The number of carbonyl (C=O) groups excluding carboxylic acids is 2. The Hall–Kier alpha value is -1.14. The van der Waals surface area contributed by atoms with Crippen LogP contribution in [-0.4, -0.2) is 41.7 Å². The van der Waals surface area contributed by atoms with Crippen LogP contribution in [0.4, 0.5) is 0 Å². The first-order chi connectivity index (χ1) is 6.54. The first-order valence-corrected chi connectivity index (χ1v) is 4.24. The summed E-state index contributed by atoms with van der Waals surface area (Å²) in [6.07, 6.45) is -2.10. The van der Waals surface area contributed by atoms with E-state index in [1.807, 2.05) is 0 Å². The monoisotopic (exact) mass is 206 g/mol. The van der Waals surface area contributed by atoms with Gasteiger partial charge in [0, 0.05) is 0 Å². The molecule has 0 aromatic carbocycles. The van der Waals surface area contributed by atoms with Gasteiger partial charge >= 0.3 is 11.9 Å². The van der Waals surface area contributed by atoms with E-state index in [9.17, 15) is 9.59 Å². The second-order valence-corrected chi connectivity index (χ2v) is 2.40. The maximum atomic E-state index is 11.1. The molecule has 14 heavy (non-hydrogen) atoms. The molecule has 0 radical (unpaired) electrons. The Labute approximate surface area is 81.4 Å². The summed E-state index contributed by atoms with van der Waals surface area (Å²) in [5.74, 6) is -3.68. The third-order valence-corrected chi connectivity index (χ3v) is 1.38. The molecule has 0 aliphatic rings. The number of ether oxygens (including phenoxy) is 2. The number of hydrogen-bond donors (Lipinski definition) is 2. The van der Waals surface area contributed by atoms with Crippen LogP contribution >= 0.6 is 0 Å². The fraction of sp³-hybridized carbons (Fsp3) is 0.750. The standard InChI is InChI=1S/C8H14O6/c1-3-13-7(11)5(6(9)10)8(12)14-4-2/h5-6,9-10H,3-4H2,1-2H3. The number of aliphatic hydroxyl groups is 2. The Morgan fingerprint density at radius 3 is 1.64 bits per heavy atom. The van der Waals surface area contributed by atoms with Crippen molar-refractivity contribution in [2.45, 2.75) is 20.1 Å². The molecule has 0 amide bonds. The minimum atomic E-state index is -2.10. The quantitative estimate of drug-likeness (QED) is 0.342. The number of rotatable bonds is 5. The zero-order valence-electron chi connectivity index (χ0n) is 8.10. The zero-order valence-corrected chi connectivity index (χ0v) is 8.10. The van der Waals surface area contributed by atoms with Crippen LogP contribution in [0.3, 0.4) is 0 Å². The number of hydrogen-bond acceptors (Lipinski definition) is 6. The first kappa shape index (κ1) is 12.9. The van der Waals surface area contributed by atoms with Gasteiger partial charge in [0.1, 0.15) is 0 Å². The van der Waals surface area contributed by atoms with Crippen molar-refractivity contribution in [2.24, 2.45) is 5.92 Å². The van der Waals surface area contributed by atoms with Gasteiger partial charge in [-0.05, 0) is 13.8 Å². The molecule has 6 nitrogen and oxygen atoms in total.